The first-order valence-electron chi connectivity index (χ1n) is 5.78. The number of hydrogen-bond donors (Lipinski definition) is 1. The molecule has 92 valence electrons. The van der Waals surface area contributed by atoms with Crippen molar-refractivity contribution in [1.29, 1.82) is 0 Å². The van der Waals surface area contributed by atoms with Crippen molar-refractivity contribution in [2.75, 3.05) is 12.4 Å². The Hall–Kier alpha value is -1.29. The van der Waals surface area contributed by atoms with Gasteiger partial charge in [-0.3, -0.25) is 9.59 Å². The molecule has 0 aromatic carbocycles. The van der Waals surface area contributed by atoms with E-state index >= 15 is 0 Å². The van der Waals surface area contributed by atoms with Crippen LogP contribution in [0.15, 0.2) is 23.0 Å². The first kappa shape index (κ1) is 12.2. The van der Waals surface area contributed by atoms with Crippen molar-refractivity contribution >= 4 is 17.5 Å². The zero-order chi connectivity index (χ0) is 12.3. The molecule has 1 amide bonds. The summed E-state index contributed by atoms with van der Waals surface area (Å²) in [5.74, 6) is 0.285. The molecule has 5 heteroatoms. The summed E-state index contributed by atoms with van der Waals surface area (Å²) in [6.45, 7) is 0.530. The molecule has 0 atom stereocenters. The number of carbonyl (C=O) groups is 1. The van der Waals surface area contributed by atoms with Crippen LogP contribution in [0.1, 0.15) is 29.8 Å². The minimum absolute atomic E-state index is 0.131. The van der Waals surface area contributed by atoms with E-state index in [4.69, 9.17) is 11.6 Å². The molecule has 0 aliphatic heterocycles. The second-order valence-corrected chi connectivity index (χ2v) is 4.58. The number of nitrogens with one attached hydrogen (secondary N) is 1. The topological polar surface area (TPSA) is 53.2 Å². The van der Waals surface area contributed by atoms with Crippen molar-refractivity contribution in [2.24, 2.45) is 0 Å². The number of pyridine rings is 1. The Bertz CT molecular complexity index is 454. The average molecular weight is 255 g/mol. The Kier molecular flexibility index (Phi) is 3.84. The summed E-state index contributed by atoms with van der Waals surface area (Å²) in [6, 6.07) is 4.89. The highest BCUT2D eigenvalue weighted by molar-refractivity contribution is 6.18. The number of rotatable bonds is 4. The van der Waals surface area contributed by atoms with Gasteiger partial charge in [-0.25, -0.2) is 0 Å². The van der Waals surface area contributed by atoms with E-state index in [2.05, 4.69) is 4.98 Å². The number of amides is 1. The van der Waals surface area contributed by atoms with Crippen LogP contribution in [0, 0.1) is 0 Å². The van der Waals surface area contributed by atoms with Crippen molar-refractivity contribution in [3.05, 3.63) is 34.2 Å². The van der Waals surface area contributed by atoms with Crippen LogP contribution in [0.2, 0.25) is 0 Å². The summed E-state index contributed by atoms with van der Waals surface area (Å²) < 4.78 is 0. The average Bonchev–Trinajstić information content (AvgIpc) is 2.25. The van der Waals surface area contributed by atoms with Crippen LogP contribution < -0.4 is 5.56 Å². The molecule has 2 rings (SSSR count). The van der Waals surface area contributed by atoms with E-state index in [1.807, 2.05) is 0 Å². The minimum atomic E-state index is -0.254. The highest BCUT2D eigenvalue weighted by Crippen LogP contribution is 2.25. The molecule has 1 heterocycles. The molecule has 0 spiro atoms. The molecule has 0 unspecified atom stereocenters. The normalized spacial score (nSPS) is 15.4. The largest absolute Gasteiger partial charge is 0.333 e. The summed E-state index contributed by atoms with van der Waals surface area (Å²) in [6.07, 6.45) is 3.21. The van der Waals surface area contributed by atoms with Gasteiger partial charge in [-0.05, 0) is 25.3 Å². The zero-order valence-corrected chi connectivity index (χ0v) is 10.2. The number of carbonyl (C=O) groups excluding carboxylic acids is 1. The fourth-order valence-corrected chi connectivity index (χ4v) is 2.15. The number of H-pyrrole nitrogens is 1. The maximum absolute atomic E-state index is 12.2. The van der Waals surface area contributed by atoms with E-state index in [1.54, 1.807) is 17.0 Å². The fraction of sp³-hybridized carbons (Fsp3) is 0.500. The third-order valence-electron chi connectivity index (χ3n) is 3.10. The van der Waals surface area contributed by atoms with E-state index in [0.717, 1.165) is 19.3 Å². The van der Waals surface area contributed by atoms with Gasteiger partial charge in [-0.15, -0.1) is 11.6 Å². The molecule has 1 fully saturated rings. The standard InChI is InChI=1S/C12H15ClN2O2/c13-7-8-15(9-3-1-4-9)12(17)10-5-2-6-11(16)14-10/h2,5-6,9H,1,3-4,7-8H2,(H,14,16). The maximum Gasteiger partial charge on any atom is 0.270 e. The molecular weight excluding hydrogens is 240 g/mol. The van der Waals surface area contributed by atoms with Crippen molar-refractivity contribution in [1.82, 2.24) is 9.88 Å². The molecule has 1 aromatic rings. The van der Waals surface area contributed by atoms with Crippen LogP contribution in [-0.2, 0) is 0 Å². The third kappa shape index (κ3) is 2.69. The molecular formula is C12H15ClN2O2. The van der Waals surface area contributed by atoms with Crippen LogP contribution in [0.3, 0.4) is 0 Å². The number of alkyl halides is 1. The van der Waals surface area contributed by atoms with Crippen LogP contribution in [0.5, 0.6) is 0 Å². The Labute approximate surface area is 105 Å². The summed E-state index contributed by atoms with van der Waals surface area (Å²) >= 11 is 5.72. The fourth-order valence-electron chi connectivity index (χ4n) is 1.97. The second kappa shape index (κ2) is 5.36. The third-order valence-corrected chi connectivity index (χ3v) is 3.27. The highest BCUT2D eigenvalue weighted by atomic mass is 35.5. The Balaban J connectivity index is 2.18. The van der Waals surface area contributed by atoms with E-state index in [-0.39, 0.29) is 17.5 Å². The maximum atomic E-state index is 12.2. The van der Waals surface area contributed by atoms with E-state index in [9.17, 15) is 9.59 Å². The lowest BCUT2D eigenvalue weighted by atomic mass is 9.91. The van der Waals surface area contributed by atoms with Crippen LogP contribution >= 0.6 is 11.6 Å². The van der Waals surface area contributed by atoms with E-state index in [0.29, 0.717) is 18.1 Å². The number of aromatic amines is 1. The zero-order valence-electron chi connectivity index (χ0n) is 9.49. The van der Waals surface area contributed by atoms with Crippen molar-refractivity contribution < 1.29 is 4.79 Å². The van der Waals surface area contributed by atoms with Gasteiger partial charge in [0.25, 0.3) is 5.91 Å². The highest BCUT2D eigenvalue weighted by Gasteiger charge is 2.29. The van der Waals surface area contributed by atoms with Crippen molar-refractivity contribution in [3.63, 3.8) is 0 Å². The lowest BCUT2D eigenvalue weighted by molar-refractivity contribution is 0.0591. The second-order valence-electron chi connectivity index (χ2n) is 4.20. The summed E-state index contributed by atoms with van der Waals surface area (Å²) in [5, 5.41) is 0. The van der Waals surface area contributed by atoms with E-state index < -0.39 is 0 Å². The molecule has 1 aliphatic rings. The molecule has 1 aliphatic carbocycles. The number of aromatic nitrogens is 1. The minimum Gasteiger partial charge on any atom is -0.333 e. The Morgan fingerprint density at radius 2 is 2.24 bits per heavy atom. The molecule has 0 bridgehead atoms. The molecule has 0 radical (unpaired) electrons. The van der Waals surface area contributed by atoms with E-state index in [1.165, 1.54) is 6.07 Å². The molecule has 1 saturated carbocycles. The SMILES string of the molecule is O=C(c1cccc(=O)[nH]1)N(CCCl)C1CCC1. The molecule has 1 aromatic heterocycles. The Morgan fingerprint density at radius 3 is 2.76 bits per heavy atom. The molecule has 17 heavy (non-hydrogen) atoms. The van der Waals surface area contributed by atoms with Crippen LogP contribution in [0.25, 0.3) is 0 Å². The van der Waals surface area contributed by atoms with Gasteiger partial charge in [-0.1, -0.05) is 6.07 Å². The smallest absolute Gasteiger partial charge is 0.270 e. The van der Waals surface area contributed by atoms with Gasteiger partial charge in [0.1, 0.15) is 5.69 Å². The van der Waals surface area contributed by atoms with Gasteiger partial charge in [0.2, 0.25) is 5.56 Å². The first-order valence-corrected chi connectivity index (χ1v) is 6.32. The van der Waals surface area contributed by atoms with Gasteiger partial charge >= 0.3 is 0 Å². The van der Waals surface area contributed by atoms with Gasteiger partial charge in [-0.2, -0.15) is 0 Å². The lowest BCUT2D eigenvalue weighted by Crippen LogP contribution is -2.45. The predicted molar refractivity (Wildman–Crippen MR) is 66.5 cm³/mol. The molecule has 4 nitrogen and oxygen atoms in total. The Morgan fingerprint density at radius 1 is 1.47 bits per heavy atom. The van der Waals surface area contributed by atoms with Crippen molar-refractivity contribution in [2.45, 2.75) is 25.3 Å². The number of hydrogen-bond acceptors (Lipinski definition) is 2. The molecule has 0 saturated heterocycles. The van der Waals surface area contributed by atoms with Gasteiger partial charge in [0.15, 0.2) is 0 Å². The summed E-state index contributed by atoms with van der Waals surface area (Å²) in [4.78, 5) is 27.7. The number of nitrogens with zero attached hydrogens (tertiary/aromatic N) is 1. The quantitative estimate of drug-likeness (QED) is 0.830. The van der Waals surface area contributed by atoms with Gasteiger partial charge < -0.3 is 9.88 Å². The first-order chi connectivity index (χ1) is 8.22. The number of halogens is 1. The monoisotopic (exact) mass is 254 g/mol. The van der Waals surface area contributed by atoms with Gasteiger partial charge in [0, 0.05) is 24.5 Å². The summed E-state index contributed by atoms with van der Waals surface area (Å²) in [5.41, 5.74) is 0.0878. The van der Waals surface area contributed by atoms with Crippen LogP contribution in [0.4, 0.5) is 0 Å². The summed E-state index contributed by atoms with van der Waals surface area (Å²) in [7, 11) is 0. The molecule has 1 N–H and O–H groups in total. The van der Waals surface area contributed by atoms with Crippen molar-refractivity contribution in [3.8, 4) is 0 Å². The predicted octanol–water partition coefficient (Wildman–Crippen LogP) is 1.61. The lowest BCUT2D eigenvalue weighted by Gasteiger charge is -2.37. The van der Waals surface area contributed by atoms with Crippen LogP contribution in [-0.4, -0.2) is 34.3 Å². The van der Waals surface area contributed by atoms with Gasteiger partial charge in [0.05, 0.1) is 0 Å².